The van der Waals surface area contributed by atoms with E-state index in [2.05, 4.69) is 17.2 Å². The summed E-state index contributed by atoms with van der Waals surface area (Å²) >= 11 is 1.62. The van der Waals surface area contributed by atoms with Crippen LogP contribution < -0.4 is 10.1 Å². The normalized spacial score (nSPS) is 10.5. The molecule has 0 unspecified atom stereocenters. The fraction of sp³-hybridized carbons (Fsp3) is 0.412. The molecule has 0 bridgehead atoms. The zero-order valence-corrected chi connectivity index (χ0v) is 13.9. The molecule has 0 spiro atoms. The summed E-state index contributed by atoms with van der Waals surface area (Å²) in [5, 5.41) is 5.97. The largest absolute Gasteiger partial charge is 0.497 e. The smallest absolute Gasteiger partial charge is 0.220 e. The highest BCUT2D eigenvalue weighted by Gasteiger charge is 2.06. The average Bonchev–Trinajstić information content (AvgIpc) is 3.02. The number of hydrogen-bond acceptors (Lipinski definition) is 4. The molecular formula is C17H22N2O2S. The number of ether oxygens (including phenoxy) is 1. The van der Waals surface area contributed by atoms with Gasteiger partial charge < -0.3 is 10.1 Å². The van der Waals surface area contributed by atoms with Gasteiger partial charge in [-0.3, -0.25) is 4.79 Å². The van der Waals surface area contributed by atoms with Gasteiger partial charge in [0.1, 0.15) is 10.8 Å². The first-order valence-corrected chi connectivity index (χ1v) is 8.46. The van der Waals surface area contributed by atoms with Crippen molar-refractivity contribution in [2.45, 2.75) is 32.6 Å². The first kappa shape index (κ1) is 16.5. The first-order valence-electron chi connectivity index (χ1n) is 7.58. The highest BCUT2D eigenvalue weighted by molar-refractivity contribution is 7.13. The van der Waals surface area contributed by atoms with Crippen molar-refractivity contribution in [2.75, 3.05) is 13.7 Å². The molecule has 0 radical (unpaired) electrons. The predicted octanol–water partition coefficient (Wildman–Crippen LogP) is 3.67. The molecule has 1 amide bonds. The summed E-state index contributed by atoms with van der Waals surface area (Å²) in [6.07, 6.45) is 3.37. The van der Waals surface area contributed by atoms with Crippen molar-refractivity contribution in [1.82, 2.24) is 10.3 Å². The van der Waals surface area contributed by atoms with Gasteiger partial charge in [0.2, 0.25) is 5.91 Å². The molecule has 0 atom stereocenters. The molecule has 1 aromatic heterocycles. The summed E-state index contributed by atoms with van der Waals surface area (Å²) in [4.78, 5) is 16.2. The Balaban J connectivity index is 1.87. The Labute approximate surface area is 135 Å². The minimum absolute atomic E-state index is 0.130. The number of methoxy groups -OCH3 is 1. The summed E-state index contributed by atoms with van der Waals surface area (Å²) in [5.41, 5.74) is 2.07. The Morgan fingerprint density at radius 3 is 3.05 bits per heavy atom. The third kappa shape index (κ3) is 4.84. The molecular weight excluding hydrogens is 296 g/mol. The lowest BCUT2D eigenvalue weighted by molar-refractivity contribution is -0.121. The number of thiazole rings is 1. The van der Waals surface area contributed by atoms with Crippen molar-refractivity contribution < 1.29 is 9.53 Å². The Hall–Kier alpha value is -1.88. The highest BCUT2D eigenvalue weighted by Crippen LogP contribution is 2.26. The maximum absolute atomic E-state index is 11.5. The topological polar surface area (TPSA) is 51.2 Å². The molecule has 0 aliphatic carbocycles. The van der Waals surface area contributed by atoms with Crippen LogP contribution in [0.4, 0.5) is 0 Å². The Morgan fingerprint density at radius 2 is 2.27 bits per heavy atom. The highest BCUT2D eigenvalue weighted by atomic mass is 32.1. The van der Waals surface area contributed by atoms with Crippen molar-refractivity contribution in [3.05, 3.63) is 35.3 Å². The van der Waals surface area contributed by atoms with E-state index in [1.165, 1.54) is 0 Å². The molecule has 22 heavy (non-hydrogen) atoms. The molecule has 1 heterocycles. The minimum Gasteiger partial charge on any atom is -0.497 e. The summed E-state index contributed by atoms with van der Waals surface area (Å²) in [7, 11) is 1.66. The third-order valence-electron chi connectivity index (χ3n) is 3.33. The second kappa shape index (κ2) is 8.54. The van der Waals surface area contributed by atoms with Crippen molar-refractivity contribution in [3.8, 4) is 16.3 Å². The van der Waals surface area contributed by atoms with Crippen LogP contribution in [0.2, 0.25) is 0 Å². The van der Waals surface area contributed by atoms with Crippen molar-refractivity contribution in [3.63, 3.8) is 0 Å². The van der Waals surface area contributed by atoms with E-state index >= 15 is 0 Å². The summed E-state index contributed by atoms with van der Waals surface area (Å²) in [5.74, 6) is 0.961. The van der Waals surface area contributed by atoms with Gasteiger partial charge in [-0.15, -0.1) is 11.3 Å². The zero-order valence-electron chi connectivity index (χ0n) is 13.1. The lowest BCUT2D eigenvalue weighted by Gasteiger charge is -2.03. The van der Waals surface area contributed by atoms with Gasteiger partial charge >= 0.3 is 0 Å². The number of amides is 1. The summed E-state index contributed by atoms with van der Waals surface area (Å²) in [6.45, 7) is 2.73. The third-order valence-corrected chi connectivity index (χ3v) is 4.27. The number of unbranched alkanes of at least 4 members (excludes halogenated alkanes) is 1. The fourth-order valence-electron chi connectivity index (χ4n) is 2.07. The van der Waals surface area contributed by atoms with Crippen LogP contribution in [0, 0.1) is 0 Å². The molecule has 0 fully saturated rings. The van der Waals surface area contributed by atoms with Gasteiger partial charge in [0.15, 0.2) is 0 Å². The zero-order chi connectivity index (χ0) is 15.8. The van der Waals surface area contributed by atoms with E-state index in [1.807, 2.05) is 29.6 Å². The van der Waals surface area contributed by atoms with Gasteiger partial charge in [-0.05, 0) is 18.6 Å². The molecule has 1 N–H and O–H groups in total. The van der Waals surface area contributed by atoms with E-state index in [4.69, 9.17) is 4.74 Å². The molecule has 0 saturated carbocycles. The Morgan fingerprint density at radius 1 is 1.41 bits per heavy atom. The maximum atomic E-state index is 11.5. The van der Waals surface area contributed by atoms with Crippen LogP contribution in [0.25, 0.3) is 10.6 Å². The van der Waals surface area contributed by atoms with Crippen LogP contribution in [0.15, 0.2) is 29.6 Å². The van der Waals surface area contributed by atoms with Crippen molar-refractivity contribution >= 4 is 17.2 Å². The molecule has 1 aromatic carbocycles. The minimum atomic E-state index is 0.130. The van der Waals surface area contributed by atoms with E-state index in [0.717, 1.165) is 41.3 Å². The number of hydrogen-bond donors (Lipinski definition) is 1. The van der Waals surface area contributed by atoms with Crippen LogP contribution in [0.5, 0.6) is 5.75 Å². The van der Waals surface area contributed by atoms with E-state index in [0.29, 0.717) is 13.0 Å². The second-order valence-electron chi connectivity index (χ2n) is 5.08. The Kier molecular flexibility index (Phi) is 6.40. The molecule has 0 aliphatic heterocycles. The first-order chi connectivity index (χ1) is 10.7. The van der Waals surface area contributed by atoms with Crippen LogP contribution in [-0.4, -0.2) is 24.5 Å². The van der Waals surface area contributed by atoms with E-state index < -0.39 is 0 Å². The molecule has 5 heteroatoms. The average molecular weight is 318 g/mol. The predicted molar refractivity (Wildman–Crippen MR) is 90.3 cm³/mol. The number of benzene rings is 1. The van der Waals surface area contributed by atoms with Gasteiger partial charge in [-0.1, -0.05) is 25.5 Å². The molecule has 2 aromatic rings. The molecule has 0 aliphatic rings. The van der Waals surface area contributed by atoms with Gasteiger partial charge in [-0.25, -0.2) is 4.98 Å². The summed E-state index contributed by atoms with van der Waals surface area (Å²) in [6, 6.07) is 7.89. The SMILES string of the molecule is CCCCC(=O)NCCc1csc(-c2cccc(OC)c2)n1. The molecule has 0 saturated heterocycles. The van der Waals surface area contributed by atoms with Crippen LogP contribution >= 0.6 is 11.3 Å². The number of rotatable bonds is 8. The van der Waals surface area contributed by atoms with Crippen LogP contribution in [0.3, 0.4) is 0 Å². The van der Waals surface area contributed by atoms with Gasteiger partial charge in [0.05, 0.1) is 12.8 Å². The maximum Gasteiger partial charge on any atom is 0.220 e. The standard InChI is InChI=1S/C17H22N2O2S/c1-3-4-8-16(20)18-10-9-14-12-22-17(19-14)13-6-5-7-15(11-13)21-2/h5-7,11-12H,3-4,8-10H2,1-2H3,(H,18,20). The van der Waals surface area contributed by atoms with E-state index in [1.54, 1.807) is 18.4 Å². The van der Waals surface area contributed by atoms with E-state index in [-0.39, 0.29) is 5.91 Å². The molecule has 2 rings (SSSR count). The Bertz CT molecular complexity index is 610. The van der Waals surface area contributed by atoms with Crippen LogP contribution in [0.1, 0.15) is 31.9 Å². The van der Waals surface area contributed by atoms with Gasteiger partial charge in [0.25, 0.3) is 0 Å². The molecule has 118 valence electrons. The number of nitrogens with zero attached hydrogens (tertiary/aromatic N) is 1. The lowest BCUT2D eigenvalue weighted by Crippen LogP contribution is -2.25. The second-order valence-corrected chi connectivity index (χ2v) is 5.94. The van der Waals surface area contributed by atoms with Gasteiger partial charge in [0, 0.05) is 30.3 Å². The summed E-state index contributed by atoms with van der Waals surface area (Å²) < 4.78 is 5.24. The number of aromatic nitrogens is 1. The van der Waals surface area contributed by atoms with Crippen molar-refractivity contribution in [2.24, 2.45) is 0 Å². The number of nitrogens with one attached hydrogen (secondary N) is 1. The van der Waals surface area contributed by atoms with Crippen LogP contribution in [-0.2, 0) is 11.2 Å². The number of carbonyl (C=O) groups is 1. The molecule has 4 nitrogen and oxygen atoms in total. The number of carbonyl (C=O) groups excluding carboxylic acids is 1. The van der Waals surface area contributed by atoms with Gasteiger partial charge in [-0.2, -0.15) is 0 Å². The lowest BCUT2D eigenvalue weighted by atomic mass is 10.2. The van der Waals surface area contributed by atoms with Crippen molar-refractivity contribution in [1.29, 1.82) is 0 Å². The fourth-order valence-corrected chi connectivity index (χ4v) is 2.92. The monoisotopic (exact) mass is 318 g/mol. The van der Waals surface area contributed by atoms with E-state index in [9.17, 15) is 4.79 Å². The quantitative estimate of drug-likeness (QED) is 0.808.